The van der Waals surface area contributed by atoms with E-state index < -0.39 is 11.0 Å². The topological polar surface area (TPSA) is 91.4 Å². The Morgan fingerprint density at radius 2 is 1.72 bits per heavy atom. The molecule has 4 aliphatic heterocycles. The van der Waals surface area contributed by atoms with Gasteiger partial charge in [-0.25, -0.2) is 4.39 Å². The number of rotatable bonds is 6. The van der Waals surface area contributed by atoms with Crippen LogP contribution in [0.25, 0.3) is 0 Å². The summed E-state index contributed by atoms with van der Waals surface area (Å²) in [4.78, 5) is 43.9. The third-order valence-corrected chi connectivity index (χ3v) is 8.19. The molecule has 0 saturated carbocycles. The zero-order valence-electron chi connectivity index (χ0n) is 20.8. The summed E-state index contributed by atoms with van der Waals surface area (Å²) in [5.41, 5.74) is -0.434. The lowest BCUT2D eigenvalue weighted by Gasteiger charge is -2.45. The Bertz CT molecular complexity index is 983. The molecule has 36 heavy (non-hydrogen) atoms. The molecule has 0 aliphatic carbocycles. The van der Waals surface area contributed by atoms with Crippen molar-refractivity contribution in [2.45, 2.75) is 44.2 Å². The second-order valence-corrected chi connectivity index (χ2v) is 10.7. The summed E-state index contributed by atoms with van der Waals surface area (Å²) in [5, 5.41) is 2.76. The fraction of sp³-hybridized carbons (Fsp3) is 0.654. The zero-order chi connectivity index (χ0) is 25.3. The van der Waals surface area contributed by atoms with Gasteiger partial charge in [-0.05, 0) is 43.5 Å². The number of halogens is 1. The second-order valence-electron chi connectivity index (χ2n) is 10.7. The van der Waals surface area contributed by atoms with Gasteiger partial charge in [0, 0.05) is 64.8 Å². The summed E-state index contributed by atoms with van der Waals surface area (Å²) in [7, 11) is 0. The van der Waals surface area contributed by atoms with Crippen LogP contribution in [0, 0.1) is 11.2 Å². The number of carbonyl (C=O) groups is 3. The molecule has 0 aromatic heterocycles. The molecule has 5 rings (SSSR count). The van der Waals surface area contributed by atoms with Crippen LogP contribution in [0.2, 0.25) is 0 Å². The average Bonchev–Trinajstić information content (AvgIpc) is 3.15. The molecule has 10 heteroatoms. The van der Waals surface area contributed by atoms with Gasteiger partial charge in [-0.1, -0.05) is 0 Å². The molecule has 1 spiro atoms. The minimum atomic E-state index is -0.963. The average molecular weight is 503 g/mol. The summed E-state index contributed by atoms with van der Waals surface area (Å²) < 4.78 is 24.2. The van der Waals surface area contributed by atoms with Crippen molar-refractivity contribution in [1.82, 2.24) is 15.1 Å². The van der Waals surface area contributed by atoms with E-state index in [1.165, 1.54) is 19.1 Å². The van der Waals surface area contributed by atoms with E-state index in [0.29, 0.717) is 32.4 Å². The maximum Gasteiger partial charge on any atom is 0.312 e. The number of cyclic esters (lactones) is 1. The van der Waals surface area contributed by atoms with Gasteiger partial charge in [-0.2, -0.15) is 0 Å². The third kappa shape index (κ3) is 4.93. The summed E-state index contributed by atoms with van der Waals surface area (Å²) >= 11 is 0. The smallest absolute Gasteiger partial charge is 0.312 e. The number of ether oxygens (including phenoxy) is 2. The van der Waals surface area contributed by atoms with E-state index in [0.717, 1.165) is 44.8 Å². The van der Waals surface area contributed by atoms with Gasteiger partial charge in [0.05, 0.1) is 18.6 Å². The maximum atomic E-state index is 13.2. The predicted molar refractivity (Wildman–Crippen MR) is 130 cm³/mol. The molecule has 1 atom stereocenters. The number of benzene rings is 1. The van der Waals surface area contributed by atoms with Crippen LogP contribution in [0.1, 0.15) is 32.6 Å². The number of carbonyl (C=O) groups excluding carboxylic acids is 3. The van der Waals surface area contributed by atoms with Gasteiger partial charge < -0.3 is 24.6 Å². The molecular weight excluding hydrogens is 467 g/mol. The highest BCUT2D eigenvalue weighted by Gasteiger charge is 2.54. The number of anilines is 1. The van der Waals surface area contributed by atoms with Crippen molar-refractivity contribution in [2.75, 3.05) is 63.9 Å². The highest BCUT2D eigenvalue weighted by molar-refractivity contribution is 5.92. The first-order chi connectivity index (χ1) is 17.3. The number of amides is 2. The molecule has 4 saturated heterocycles. The second kappa shape index (κ2) is 9.97. The van der Waals surface area contributed by atoms with Crippen LogP contribution in [0.3, 0.4) is 0 Å². The predicted octanol–water partition coefficient (Wildman–Crippen LogP) is 1.17. The Morgan fingerprint density at radius 3 is 2.31 bits per heavy atom. The van der Waals surface area contributed by atoms with Crippen molar-refractivity contribution in [3.8, 4) is 0 Å². The van der Waals surface area contributed by atoms with Crippen molar-refractivity contribution < 1.29 is 28.2 Å². The summed E-state index contributed by atoms with van der Waals surface area (Å²) in [5.74, 6) is -0.731. The molecule has 0 unspecified atom stereocenters. The molecule has 4 fully saturated rings. The number of esters is 1. The van der Waals surface area contributed by atoms with Crippen molar-refractivity contribution in [3.63, 3.8) is 0 Å². The molecule has 0 radical (unpaired) electrons. The van der Waals surface area contributed by atoms with E-state index in [2.05, 4.69) is 15.1 Å². The molecule has 1 N–H and O–H groups in total. The number of hydrogen-bond acceptors (Lipinski definition) is 7. The van der Waals surface area contributed by atoms with E-state index >= 15 is 0 Å². The molecule has 196 valence electrons. The van der Waals surface area contributed by atoms with Crippen LogP contribution in [-0.2, 0) is 23.9 Å². The highest BCUT2D eigenvalue weighted by Crippen LogP contribution is 2.44. The van der Waals surface area contributed by atoms with E-state index in [1.807, 2.05) is 12.1 Å². The lowest BCUT2D eigenvalue weighted by atomic mass is 9.75. The van der Waals surface area contributed by atoms with Gasteiger partial charge in [0.2, 0.25) is 5.91 Å². The van der Waals surface area contributed by atoms with Crippen molar-refractivity contribution >= 4 is 23.5 Å². The zero-order valence-corrected chi connectivity index (χ0v) is 20.8. The van der Waals surface area contributed by atoms with Crippen LogP contribution >= 0.6 is 0 Å². The Morgan fingerprint density at radius 1 is 1.06 bits per heavy atom. The fourth-order valence-corrected chi connectivity index (χ4v) is 5.95. The molecular formula is C26H35FN4O5. The Hall–Kier alpha value is -2.72. The number of nitrogens with zero attached hydrogens (tertiary/aromatic N) is 3. The van der Waals surface area contributed by atoms with Crippen molar-refractivity contribution in [3.05, 3.63) is 30.1 Å². The van der Waals surface area contributed by atoms with Gasteiger partial charge >= 0.3 is 5.97 Å². The van der Waals surface area contributed by atoms with Crippen LogP contribution in [0.4, 0.5) is 10.1 Å². The maximum absolute atomic E-state index is 13.2. The van der Waals surface area contributed by atoms with Crippen LogP contribution < -0.4 is 10.2 Å². The summed E-state index contributed by atoms with van der Waals surface area (Å²) in [6.45, 7) is 7.21. The fourth-order valence-electron chi connectivity index (χ4n) is 5.95. The van der Waals surface area contributed by atoms with Crippen LogP contribution in [0.5, 0.6) is 0 Å². The lowest BCUT2D eigenvalue weighted by molar-refractivity contribution is -0.166. The molecule has 1 aromatic carbocycles. The highest BCUT2D eigenvalue weighted by atomic mass is 19.1. The van der Waals surface area contributed by atoms with E-state index in [4.69, 9.17) is 9.47 Å². The minimum absolute atomic E-state index is 0.0966. The van der Waals surface area contributed by atoms with Crippen molar-refractivity contribution in [2.24, 2.45) is 5.41 Å². The van der Waals surface area contributed by atoms with Gasteiger partial charge in [-0.15, -0.1) is 0 Å². The van der Waals surface area contributed by atoms with E-state index in [-0.39, 0.29) is 42.9 Å². The molecule has 4 aliphatic rings. The van der Waals surface area contributed by atoms with E-state index in [9.17, 15) is 18.8 Å². The number of hydrogen-bond donors (Lipinski definition) is 1. The van der Waals surface area contributed by atoms with Crippen LogP contribution in [0.15, 0.2) is 24.3 Å². The first-order valence-electron chi connectivity index (χ1n) is 12.9. The molecule has 4 heterocycles. The summed E-state index contributed by atoms with van der Waals surface area (Å²) in [6, 6.07) is 6.63. The molecule has 2 amide bonds. The van der Waals surface area contributed by atoms with Gasteiger partial charge in [0.25, 0.3) is 5.91 Å². The quantitative estimate of drug-likeness (QED) is 0.584. The third-order valence-electron chi connectivity index (χ3n) is 8.19. The lowest BCUT2D eigenvalue weighted by Crippen LogP contribution is -2.70. The Labute approximate surface area is 210 Å². The normalized spacial score (nSPS) is 25.4. The summed E-state index contributed by atoms with van der Waals surface area (Å²) in [6.07, 6.45) is 2.57. The number of piperidine rings is 1. The van der Waals surface area contributed by atoms with E-state index in [1.54, 1.807) is 4.90 Å². The van der Waals surface area contributed by atoms with Gasteiger partial charge in [0.15, 0.2) is 5.54 Å². The van der Waals surface area contributed by atoms with Gasteiger partial charge in [0.1, 0.15) is 11.9 Å². The van der Waals surface area contributed by atoms with Crippen molar-refractivity contribution in [1.29, 1.82) is 0 Å². The number of likely N-dealkylation sites (tertiary alicyclic amines) is 1. The van der Waals surface area contributed by atoms with Crippen LogP contribution in [-0.4, -0.2) is 98.3 Å². The van der Waals surface area contributed by atoms with Gasteiger partial charge in [-0.3, -0.25) is 19.3 Å². The first-order valence-corrected chi connectivity index (χ1v) is 12.9. The largest absolute Gasteiger partial charge is 0.462 e. The number of piperazine rings is 1. The Balaban J connectivity index is 1.07. The standard InChI is InChI=1S/C26H35FN4O5/c1-19(32)28-26(17-35-18-26)23(33)31-10-7-25(8-11-31)16-22(36-24(25)34)6-9-29-12-14-30(15-13-29)21-4-2-20(27)3-5-21/h2-5,22H,6-18H2,1H3,(H,28,32)/t22-/m0/s1. The molecule has 0 bridgehead atoms. The Kier molecular flexibility index (Phi) is 6.91. The number of nitrogens with one attached hydrogen (secondary N) is 1. The monoisotopic (exact) mass is 502 g/mol. The first kappa shape index (κ1) is 25.0. The molecule has 1 aromatic rings. The molecule has 9 nitrogen and oxygen atoms in total. The minimum Gasteiger partial charge on any atom is -0.462 e. The SMILES string of the molecule is CC(=O)NC1(C(=O)N2CCC3(CC2)C[C@H](CCN2CCN(c4ccc(F)cc4)CC2)OC3=O)COC1.